The van der Waals surface area contributed by atoms with E-state index in [2.05, 4.69) is 33.9 Å². The first-order chi connectivity index (χ1) is 18.2. The molecule has 2 fully saturated rings. The molecule has 1 aliphatic carbocycles. The zero-order valence-corrected chi connectivity index (χ0v) is 20.6. The molecule has 0 bridgehead atoms. The van der Waals surface area contributed by atoms with Gasteiger partial charge < -0.3 is 9.47 Å². The van der Waals surface area contributed by atoms with Crippen molar-refractivity contribution in [3.63, 3.8) is 0 Å². The molecule has 0 radical (unpaired) electrons. The van der Waals surface area contributed by atoms with Crippen LogP contribution in [0.1, 0.15) is 47.8 Å². The number of hydrogen-bond acceptors (Lipinski definition) is 3. The highest BCUT2D eigenvalue weighted by Crippen LogP contribution is 2.36. The Kier molecular flexibility index (Phi) is 5.30. The number of amides is 1. The fourth-order valence-corrected chi connectivity index (χ4v) is 5.72. The van der Waals surface area contributed by atoms with Crippen molar-refractivity contribution in [3.8, 4) is 5.69 Å². The molecular formula is C30H28FN5O. The summed E-state index contributed by atoms with van der Waals surface area (Å²) in [7, 11) is 0. The smallest absolute Gasteiger partial charge is 0.254 e. The summed E-state index contributed by atoms with van der Waals surface area (Å²) in [5.74, 6) is 2.00. The van der Waals surface area contributed by atoms with Crippen LogP contribution in [0.5, 0.6) is 0 Å². The topological polar surface area (TPSA) is 56.0 Å². The van der Waals surface area contributed by atoms with E-state index in [-0.39, 0.29) is 11.7 Å². The van der Waals surface area contributed by atoms with Gasteiger partial charge in [-0.25, -0.2) is 14.1 Å². The molecule has 3 heterocycles. The first-order valence-electron chi connectivity index (χ1n) is 13.1. The van der Waals surface area contributed by atoms with Gasteiger partial charge in [0.15, 0.2) is 0 Å². The minimum Gasteiger partial charge on any atom is -0.339 e. The Bertz CT molecular complexity index is 1620. The largest absolute Gasteiger partial charge is 0.339 e. The summed E-state index contributed by atoms with van der Waals surface area (Å²) in [6, 6.07) is 20.4. The van der Waals surface area contributed by atoms with Gasteiger partial charge in [-0.2, -0.15) is 5.10 Å². The van der Waals surface area contributed by atoms with Crippen molar-refractivity contribution in [1.82, 2.24) is 24.2 Å². The van der Waals surface area contributed by atoms with Crippen LogP contribution in [0.3, 0.4) is 0 Å². The van der Waals surface area contributed by atoms with Gasteiger partial charge in [0.05, 0.1) is 34.0 Å². The molecule has 7 heteroatoms. The normalized spacial score (nSPS) is 16.6. The highest BCUT2D eigenvalue weighted by atomic mass is 19.1. The van der Waals surface area contributed by atoms with Crippen molar-refractivity contribution in [2.75, 3.05) is 13.1 Å². The second kappa shape index (κ2) is 8.83. The van der Waals surface area contributed by atoms with Gasteiger partial charge in [0, 0.05) is 30.9 Å². The van der Waals surface area contributed by atoms with Crippen LogP contribution in [0.4, 0.5) is 4.39 Å². The van der Waals surface area contributed by atoms with E-state index in [0.29, 0.717) is 30.3 Å². The maximum atomic E-state index is 13.8. The predicted molar refractivity (Wildman–Crippen MR) is 141 cm³/mol. The van der Waals surface area contributed by atoms with E-state index in [1.807, 2.05) is 29.2 Å². The fourth-order valence-electron chi connectivity index (χ4n) is 5.72. The van der Waals surface area contributed by atoms with Gasteiger partial charge >= 0.3 is 0 Å². The molecule has 1 amide bonds. The number of para-hydroxylation sites is 2. The van der Waals surface area contributed by atoms with Crippen molar-refractivity contribution in [3.05, 3.63) is 90.1 Å². The predicted octanol–water partition coefficient (Wildman–Crippen LogP) is 5.94. The number of carbonyl (C=O) groups excluding carboxylic acids is 1. The second-order valence-electron chi connectivity index (χ2n) is 10.4. The van der Waals surface area contributed by atoms with Crippen molar-refractivity contribution >= 4 is 27.8 Å². The molecule has 2 aliphatic rings. The molecule has 0 N–H and O–H groups in total. The quantitative estimate of drug-likeness (QED) is 0.304. The van der Waals surface area contributed by atoms with Crippen LogP contribution in [0.2, 0.25) is 0 Å². The van der Waals surface area contributed by atoms with Gasteiger partial charge in [-0.05, 0) is 74.1 Å². The van der Waals surface area contributed by atoms with Gasteiger partial charge in [0.25, 0.3) is 5.91 Å². The maximum Gasteiger partial charge on any atom is 0.254 e. The van der Waals surface area contributed by atoms with E-state index in [9.17, 15) is 9.18 Å². The molecule has 3 aromatic carbocycles. The van der Waals surface area contributed by atoms with Crippen molar-refractivity contribution in [1.29, 1.82) is 0 Å². The number of rotatable bonds is 5. The molecular weight excluding hydrogens is 465 g/mol. The molecule has 1 saturated carbocycles. The summed E-state index contributed by atoms with van der Waals surface area (Å²) in [5.41, 5.74) is 4.36. The highest BCUT2D eigenvalue weighted by Gasteiger charge is 2.31. The minimum absolute atomic E-state index is 0.0225. The molecule has 2 aromatic heterocycles. The molecule has 186 valence electrons. The number of halogens is 1. The lowest BCUT2D eigenvalue weighted by molar-refractivity contribution is 0.0712. The van der Waals surface area contributed by atoms with E-state index < -0.39 is 0 Å². The van der Waals surface area contributed by atoms with Crippen molar-refractivity contribution in [2.24, 2.45) is 5.92 Å². The number of imidazole rings is 1. The fraction of sp³-hybridized carbons (Fsp3) is 0.300. The van der Waals surface area contributed by atoms with Crippen molar-refractivity contribution < 1.29 is 9.18 Å². The van der Waals surface area contributed by atoms with Crippen LogP contribution in [0, 0.1) is 11.7 Å². The average Bonchev–Trinajstić information content (AvgIpc) is 3.53. The first kappa shape index (κ1) is 22.2. The third kappa shape index (κ3) is 3.99. The van der Waals surface area contributed by atoms with Crippen LogP contribution >= 0.6 is 0 Å². The lowest BCUT2D eigenvalue weighted by Gasteiger charge is -2.32. The zero-order chi connectivity index (χ0) is 24.9. The summed E-state index contributed by atoms with van der Waals surface area (Å²) < 4.78 is 17.9. The Balaban J connectivity index is 1.13. The number of hydrogen-bond donors (Lipinski definition) is 0. The van der Waals surface area contributed by atoms with E-state index >= 15 is 0 Å². The molecule has 1 aliphatic heterocycles. The number of aromatic nitrogens is 4. The Morgan fingerprint density at radius 3 is 2.51 bits per heavy atom. The van der Waals surface area contributed by atoms with Crippen LogP contribution in [0.25, 0.3) is 27.6 Å². The Morgan fingerprint density at radius 2 is 1.70 bits per heavy atom. The van der Waals surface area contributed by atoms with Crippen molar-refractivity contribution in [2.45, 2.75) is 38.1 Å². The molecule has 37 heavy (non-hydrogen) atoms. The number of piperidine rings is 1. The molecule has 6 nitrogen and oxygen atoms in total. The number of fused-ring (bicyclic) bond motifs is 2. The van der Waals surface area contributed by atoms with E-state index in [1.165, 1.54) is 36.3 Å². The van der Waals surface area contributed by atoms with Crippen LogP contribution in [0.15, 0.2) is 72.9 Å². The van der Waals surface area contributed by atoms with Gasteiger partial charge in [-0.3, -0.25) is 4.79 Å². The van der Waals surface area contributed by atoms with E-state index in [1.54, 1.807) is 16.9 Å². The van der Waals surface area contributed by atoms with Gasteiger partial charge in [0.2, 0.25) is 0 Å². The maximum absolute atomic E-state index is 13.8. The van der Waals surface area contributed by atoms with E-state index in [0.717, 1.165) is 41.7 Å². The van der Waals surface area contributed by atoms with Crippen LogP contribution in [-0.2, 0) is 6.54 Å². The third-order valence-corrected chi connectivity index (χ3v) is 7.87. The van der Waals surface area contributed by atoms with E-state index in [4.69, 9.17) is 4.98 Å². The Morgan fingerprint density at radius 1 is 0.919 bits per heavy atom. The second-order valence-corrected chi connectivity index (χ2v) is 10.4. The van der Waals surface area contributed by atoms with Gasteiger partial charge in [-0.1, -0.05) is 24.3 Å². The third-order valence-electron chi connectivity index (χ3n) is 7.87. The number of likely N-dealkylation sites (tertiary alicyclic amines) is 1. The number of benzene rings is 3. The number of carbonyl (C=O) groups is 1. The van der Waals surface area contributed by atoms with Crippen LogP contribution < -0.4 is 0 Å². The molecule has 7 rings (SSSR count). The SMILES string of the molecule is O=C(c1cccc2c1cnn2-c1cccc(F)c1)N1CCC(c2nc3ccccc3n2CC2CC2)CC1. The molecule has 0 spiro atoms. The van der Waals surface area contributed by atoms with Gasteiger partial charge in [0.1, 0.15) is 11.6 Å². The molecule has 0 unspecified atom stereocenters. The summed E-state index contributed by atoms with van der Waals surface area (Å²) >= 11 is 0. The molecule has 0 atom stereocenters. The molecule has 5 aromatic rings. The summed E-state index contributed by atoms with van der Waals surface area (Å²) in [6.45, 7) is 2.45. The summed E-state index contributed by atoms with van der Waals surface area (Å²) in [5, 5.41) is 5.26. The monoisotopic (exact) mass is 493 g/mol. The summed E-state index contributed by atoms with van der Waals surface area (Å²) in [6.07, 6.45) is 6.12. The first-order valence-corrected chi connectivity index (χ1v) is 13.1. The Hall–Kier alpha value is -4.00. The molecule has 1 saturated heterocycles. The minimum atomic E-state index is -0.318. The van der Waals surface area contributed by atoms with Crippen LogP contribution in [-0.4, -0.2) is 43.2 Å². The standard InChI is InChI=1S/C30H28FN5O/c31-22-5-3-6-23(17-22)36-27-10-4-7-24(25(27)18-32-36)30(37)34-15-13-21(14-16-34)29-33-26-8-1-2-9-28(26)35(29)19-20-11-12-20/h1-10,17-18,20-21H,11-16,19H2. The lowest BCUT2D eigenvalue weighted by atomic mass is 9.95. The number of nitrogens with zero attached hydrogens (tertiary/aromatic N) is 5. The lowest BCUT2D eigenvalue weighted by Crippen LogP contribution is -2.38. The zero-order valence-electron chi connectivity index (χ0n) is 20.6. The Labute approximate surface area is 214 Å². The highest BCUT2D eigenvalue weighted by molar-refractivity contribution is 6.06. The average molecular weight is 494 g/mol. The summed E-state index contributed by atoms with van der Waals surface area (Å²) in [4.78, 5) is 20.6. The van der Waals surface area contributed by atoms with Gasteiger partial charge in [-0.15, -0.1) is 0 Å².